The zero-order valence-corrected chi connectivity index (χ0v) is 22.6. The van der Waals surface area contributed by atoms with Crippen LogP contribution in [0.4, 0.5) is 0 Å². The Labute approximate surface area is 214 Å². The minimum Gasteiger partial charge on any atom is -0.469 e. The number of carbonyl (C=O) groups excluding carboxylic acids is 4. The molecule has 36 heavy (non-hydrogen) atoms. The van der Waals surface area contributed by atoms with Gasteiger partial charge in [-0.1, -0.05) is 52.4 Å². The van der Waals surface area contributed by atoms with Gasteiger partial charge in [0.2, 0.25) is 0 Å². The minimum absolute atomic E-state index is 0.00508. The summed E-state index contributed by atoms with van der Waals surface area (Å²) in [6, 6.07) is 0. The third-order valence-electron chi connectivity index (χ3n) is 11.0. The van der Waals surface area contributed by atoms with Gasteiger partial charge in [-0.3, -0.25) is 19.2 Å². The van der Waals surface area contributed by atoms with E-state index >= 15 is 0 Å². The number of ether oxygens (including phenoxy) is 4. The van der Waals surface area contributed by atoms with Crippen molar-refractivity contribution in [3.63, 3.8) is 0 Å². The third kappa shape index (κ3) is 2.99. The second kappa shape index (κ2) is 9.32. The van der Waals surface area contributed by atoms with Crippen LogP contribution in [0.25, 0.3) is 0 Å². The molecule has 8 heteroatoms. The first-order valence-electron chi connectivity index (χ1n) is 13.5. The Morgan fingerprint density at radius 1 is 0.528 bits per heavy atom. The number of hydrogen-bond acceptors (Lipinski definition) is 8. The summed E-state index contributed by atoms with van der Waals surface area (Å²) in [5.41, 5.74) is -5.00. The first kappa shape index (κ1) is 26.9. The van der Waals surface area contributed by atoms with Gasteiger partial charge in [0, 0.05) is 10.8 Å². The molecule has 0 N–H and O–H groups in total. The fraction of sp³-hybridized carbons (Fsp3) is 0.857. The van der Waals surface area contributed by atoms with Gasteiger partial charge < -0.3 is 18.9 Å². The standard InChI is InChI=1S/C28H42O8/c1-25(17-13-9-7-10-14-17)19(21(29)33-3)27(25,23(31)35-5)28(24(32)36-6)20(22(30)34-4)26(28,2)18-15-11-8-12-16-18/h17-20H,7-16H2,1-6H3/t19?,20?,25-,26-,27+,28+/m0/s1. The number of methoxy groups -OCH3 is 4. The number of hydrogen-bond donors (Lipinski definition) is 0. The van der Waals surface area contributed by atoms with Crippen LogP contribution in [0, 0.1) is 45.3 Å². The Morgan fingerprint density at radius 3 is 1.08 bits per heavy atom. The molecule has 4 aliphatic carbocycles. The van der Waals surface area contributed by atoms with E-state index in [1.165, 1.54) is 28.4 Å². The Kier molecular flexibility index (Phi) is 6.97. The highest BCUT2D eigenvalue weighted by molar-refractivity contribution is 6.06. The molecule has 0 aromatic carbocycles. The van der Waals surface area contributed by atoms with Gasteiger partial charge in [-0.15, -0.1) is 0 Å². The predicted octanol–water partition coefficient (Wildman–Crippen LogP) is 4.08. The number of rotatable bonds is 7. The third-order valence-corrected chi connectivity index (χ3v) is 11.0. The molecule has 2 unspecified atom stereocenters. The molecule has 4 rings (SSSR count). The van der Waals surface area contributed by atoms with Gasteiger partial charge in [-0.2, -0.15) is 0 Å². The van der Waals surface area contributed by atoms with Crippen molar-refractivity contribution < 1.29 is 38.1 Å². The highest BCUT2D eigenvalue weighted by Crippen LogP contribution is 2.94. The summed E-state index contributed by atoms with van der Waals surface area (Å²) in [6.07, 6.45) is 9.46. The maximum atomic E-state index is 14.1. The van der Waals surface area contributed by atoms with Crippen molar-refractivity contribution in [1.82, 2.24) is 0 Å². The van der Waals surface area contributed by atoms with Gasteiger partial charge in [0.15, 0.2) is 0 Å². The molecular formula is C28H42O8. The van der Waals surface area contributed by atoms with Crippen LogP contribution >= 0.6 is 0 Å². The lowest BCUT2D eigenvalue weighted by atomic mass is 9.64. The molecule has 202 valence electrons. The Hall–Kier alpha value is -2.12. The van der Waals surface area contributed by atoms with E-state index in [1.807, 2.05) is 13.8 Å². The Bertz CT molecular complexity index is 845. The molecule has 4 saturated carbocycles. The van der Waals surface area contributed by atoms with Gasteiger partial charge in [-0.05, 0) is 37.5 Å². The van der Waals surface area contributed by atoms with Crippen molar-refractivity contribution in [1.29, 1.82) is 0 Å². The zero-order valence-electron chi connectivity index (χ0n) is 22.6. The van der Waals surface area contributed by atoms with Gasteiger partial charge in [0.05, 0.1) is 40.3 Å². The summed E-state index contributed by atoms with van der Waals surface area (Å²) in [6.45, 7) is 3.86. The van der Waals surface area contributed by atoms with Gasteiger partial charge in [-0.25, -0.2) is 0 Å². The molecule has 0 saturated heterocycles. The summed E-state index contributed by atoms with van der Waals surface area (Å²) in [5, 5.41) is 0. The van der Waals surface area contributed by atoms with Crippen molar-refractivity contribution in [2.45, 2.75) is 78.1 Å². The lowest BCUT2D eigenvalue weighted by Gasteiger charge is -2.38. The fourth-order valence-electron chi connectivity index (χ4n) is 9.51. The molecule has 0 aromatic heterocycles. The molecule has 0 radical (unpaired) electrons. The van der Waals surface area contributed by atoms with Crippen LogP contribution < -0.4 is 0 Å². The van der Waals surface area contributed by atoms with E-state index in [0.717, 1.165) is 64.2 Å². The molecule has 4 fully saturated rings. The van der Waals surface area contributed by atoms with E-state index in [9.17, 15) is 19.2 Å². The quantitative estimate of drug-likeness (QED) is 0.376. The van der Waals surface area contributed by atoms with Crippen LogP contribution in [0.5, 0.6) is 0 Å². The van der Waals surface area contributed by atoms with Crippen LogP contribution in [0.2, 0.25) is 0 Å². The first-order chi connectivity index (χ1) is 17.1. The lowest BCUT2D eigenvalue weighted by molar-refractivity contribution is -0.171. The van der Waals surface area contributed by atoms with E-state index < -0.39 is 57.4 Å². The Balaban J connectivity index is 2.02. The molecular weight excluding hydrogens is 464 g/mol. The number of carbonyl (C=O) groups is 4. The van der Waals surface area contributed by atoms with E-state index in [-0.39, 0.29) is 11.8 Å². The van der Waals surface area contributed by atoms with Gasteiger partial charge >= 0.3 is 23.9 Å². The zero-order chi connectivity index (χ0) is 26.5. The summed E-state index contributed by atoms with van der Waals surface area (Å²) in [5.74, 6) is -4.17. The summed E-state index contributed by atoms with van der Waals surface area (Å²) < 4.78 is 21.4. The lowest BCUT2D eigenvalue weighted by Crippen LogP contribution is -2.47. The van der Waals surface area contributed by atoms with Crippen molar-refractivity contribution >= 4 is 23.9 Å². The average Bonchev–Trinajstić information content (AvgIpc) is 3.73. The summed E-state index contributed by atoms with van der Waals surface area (Å²) in [4.78, 5) is 55.2. The molecule has 0 heterocycles. The molecule has 0 aliphatic heterocycles. The minimum atomic E-state index is -1.58. The van der Waals surface area contributed by atoms with Crippen molar-refractivity contribution in [2.75, 3.05) is 28.4 Å². The fourth-order valence-corrected chi connectivity index (χ4v) is 9.51. The molecule has 0 amide bonds. The summed E-state index contributed by atoms with van der Waals surface area (Å²) >= 11 is 0. The largest absolute Gasteiger partial charge is 0.469 e. The van der Waals surface area contributed by atoms with Crippen LogP contribution in [-0.4, -0.2) is 52.3 Å². The SMILES string of the molecule is COC(=O)C1[C@](C)(C2CCCCC2)[C@@]1(C(=O)OC)[C@@]1(C(=O)OC)C(C(=O)OC)[C@]1(C)C1CCCCC1. The van der Waals surface area contributed by atoms with Crippen LogP contribution in [-0.2, 0) is 38.1 Å². The highest BCUT2D eigenvalue weighted by atomic mass is 16.5. The van der Waals surface area contributed by atoms with E-state index in [2.05, 4.69) is 0 Å². The number of esters is 4. The molecule has 4 aliphatic rings. The smallest absolute Gasteiger partial charge is 0.314 e. The van der Waals surface area contributed by atoms with E-state index in [4.69, 9.17) is 18.9 Å². The molecule has 0 aromatic rings. The second-order valence-electron chi connectivity index (χ2n) is 11.7. The van der Waals surface area contributed by atoms with Crippen molar-refractivity contribution in [2.24, 2.45) is 45.3 Å². The van der Waals surface area contributed by atoms with Crippen LogP contribution in [0.15, 0.2) is 0 Å². The maximum Gasteiger partial charge on any atom is 0.314 e. The normalized spacial score (nSPS) is 40.6. The Morgan fingerprint density at radius 2 is 0.833 bits per heavy atom. The summed E-state index contributed by atoms with van der Waals surface area (Å²) in [7, 11) is 5.19. The monoisotopic (exact) mass is 506 g/mol. The predicted molar refractivity (Wildman–Crippen MR) is 129 cm³/mol. The first-order valence-corrected chi connectivity index (χ1v) is 13.5. The molecule has 6 atom stereocenters. The van der Waals surface area contributed by atoms with Crippen molar-refractivity contribution in [3.8, 4) is 0 Å². The van der Waals surface area contributed by atoms with E-state index in [1.54, 1.807) is 0 Å². The molecule has 0 bridgehead atoms. The van der Waals surface area contributed by atoms with Gasteiger partial charge in [0.1, 0.15) is 10.8 Å². The second-order valence-corrected chi connectivity index (χ2v) is 11.7. The molecule has 8 nitrogen and oxygen atoms in total. The average molecular weight is 507 g/mol. The van der Waals surface area contributed by atoms with Crippen LogP contribution in [0.3, 0.4) is 0 Å². The van der Waals surface area contributed by atoms with Crippen molar-refractivity contribution in [3.05, 3.63) is 0 Å². The maximum absolute atomic E-state index is 14.1. The topological polar surface area (TPSA) is 105 Å². The van der Waals surface area contributed by atoms with Crippen LogP contribution in [0.1, 0.15) is 78.1 Å². The van der Waals surface area contributed by atoms with E-state index in [0.29, 0.717) is 0 Å². The van der Waals surface area contributed by atoms with Gasteiger partial charge in [0.25, 0.3) is 0 Å². The molecule has 0 spiro atoms. The highest BCUT2D eigenvalue weighted by Gasteiger charge is 3.03.